The first kappa shape index (κ1) is 29.0. The number of carboxylic acid groups (broad SMARTS) is 2. The van der Waals surface area contributed by atoms with Crippen molar-refractivity contribution in [3.05, 3.63) is 18.2 Å². The topological polar surface area (TPSA) is 280 Å². The van der Waals surface area contributed by atoms with Gasteiger partial charge >= 0.3 is 11.9 Å². The Morgan fingerprint density at radius 2 is 1.66 bits per heavy atom. The minimum Gasteiger partial charge on any atom is -0.481 e. The molecule has 0 aliphatic carbocycles. The summed E-state index contributed by atoms with van der Waals surface area (Å²) in [6.07, 6.45) is -0.324. The van der Waals surface area contributed by atoms with Crippen LogP contribution >= 0.6 is 0 Å². The van der Waals surface area contributed by atoms with E-state index in [1.807, 2.05) is 0 Å². The molecule has 1 heterocycles. The van der Waals surface area contributed by atoms with Crippen LogP contribution in [0.5, 0.6) is 0 Å². The summed E-state index contributed by atoms with van der Waals surface area (Å²) in [5.41, 5.74) is 11.0. The molecule has 5 atom stereocenters. The number of carbonyl (C=O) groups is 6. The van der Waals surface area contributed by atoms with E-state index in [2.05, 4.69) is 25.9 Å². The number of carbonyl (C=O) groups excluding carboxylic acids is 4. The smallest absolute Gasteiger partial charge is 0.326 e. The fraction of sp³-hybridized carbons (Fsp3) is 0.526. The number of aliphatic hydroxyl groups is 1. The van der Waals surface area contributed by atoms with Crippen LogP contribution in [0.4, 0.5) is 0 Å². The fourth-order valence-electron chi connectivity index (χ4n) is 2.83. The Hall–Kier alpha value is -4.05. The zero-order chi connectivity index (χ0) is 26.7. The highest BCUT2D eigenvalue weighted by atomic mass is 16.4. The lowest BCUT2D eigenvalue weighted by Gasteiger charge is -2.26. The van der Waals surface area contributed by atoms with Crippen LogP contribution in [0.1, 0.15) is 31.9 Å². The van der Waals surface area contributed by atoms with Crippen LogP contribution in [0.2, 0.25) is 0 Å². The first-order valence-electron chi connectivity index (χ1n) is 10.4. The lowest BCUT2D eigenvalue weighted by atomic mass is 10.1. The van der Waals surface area contributed by atoms with Gasteiger partial charge in [0.25, 0.3) is 0 Å². The van der Waals surface area contributed by atoms with Gasteiger partial charge in [-0.15, -0.1) is 0 Å². The summed E-state index contributed by atoms with van der Waals surface area (Å²) in [5.74, 6) is -6.75. The minimum atomic E-state index is -1.70. The maximum atomic E-state index is 12.7. The maximum Gasteiger partial charge on any atom is 0.326 e. The van der Waals surface area contributed by atoms with Gasteiger partial charge in [-0.1, -0.05) is 0 Å². The molecule has 0 aliphatic rings. The molecule has 0 aliphatic heterocycles. The normalized spacial score (nSPS) is 15.1. The molecule has 0 aromatic carbocycles. The number of aliphatic hydroxyl groups excluding tert-OH is 1. The van der Waals surface area contributed by atoms with Gasteiger partial charge < -0.3 is 47.7 Å². The lowest BCUT2D eigenvalue weighted by Crippen LogP contribution is -2.60. The van der Waals surface area contributed by atoms with Gasteiger partial charge in [0.15, 0.2) is 0 Å². The average Bonchev–Trinajstić information content (AvgIpc) is 3.26. The van der Waals surface area contributed by atoms with Crippen LogP contribution in [-0.4, -0.2) is 91.1 Å². The molecule has 194 valence electrons. The van der Waals surface area contributed by atoms with Gasteiger partial charge in [0.1, 0.15) is 18.1 Å². The Labute approximate surface area is 198 Å². The molecule has 5 unspecified atom stereocenters. The fourth-order valence-corrected chi connectivity index (χ4v) is 2.83. The number of imidazole rings is 1. The molecule has 11 N–H and O–H groups in total. The molecule has 0 saturated carbocycles. The van der Waals surface area contributed by atoms with Gasteiger partial charge in [0, 0.05) is 24.7 Å². The van der Waals surface area contributed by atoms with Crippen LogP contribution < -0.4 is 27.4 Å². The van der Waals surface area contributed by atoms with E-state index in [1.165, 1.54) is 12.5 Å². The van der Waals surface area contributed by atoms with Crippen LogP contribution in [0, 0.1) is 0 Å². The summed E-state index contributed by atoms with van der Waals surface area (Å²) < 4.78 is 0. The number of nitrogens with one attached hydrogen (secondary N) is 4. The van der Waals surface area contributed by atoms with E-state index in [0.717, 1.165) is 6.92 Å². The lowest BCUT2D eigenvalue weighted by molar-refractivity contribution is -0.144. The summed E-state index contributed by atoms with van der Waals surface area (Å²) in [6, 6.07) is -6.11. The van der Waals surface area contributed by atoms with Crippen molar-refractivity contribution >= 4 is 35.6 Å². The zero-order valence-electron chi connectivity index (χ0n) is 18.8. The minimum absolute atomic E-state index is 0.159. The van der Waals surface area contributed by atoms with Crippen molar-refractivity contribution in [2.45, 2.75) is 62.9 Å². The van der Waals surface area contributed by atoms with Crippen molar-refractivity contribution in [2.75, 3.05) is 0 Å². The molecular formula is C19H29N7O9. The quantitative estimate of drug-likeness (QED) is 0.112. The van der Waals surface area contributed by atoms with Crippen molar-refractivity contribution in [1.29, 1.82) is 0 Å². The molecular weight excluding hydrogens is 470 g/mol. The highest BCUT2D eigenvalue weighted by molar-refractivity contribution is 5.96. The maximum absolute atomic E-state index is 12.7. The Bertz CT molecular complexity index is 920. The number of primary amides is 1. The molecule has 4 amide bonds. The number of H-pyrrole nitrogens is 1. The summed E-state index contributed by atoms with van der Waals surface area (Å²) in [6.45, 7) is 1.14. The highest BCUT2D eigenvalue weighted by Crippen LogP contribution is 2.04. The number of amides is 4. The monoisotopic (exact) mass is 499 g/mol. The number of carboxylic acids is 2. The van der Waals surface area contributed by atoms with E-state index < -0.39 is 72.3 Å². The summed E-state index contributed by atoms with van der Waals surface area (Å²) in [5, 5.41) is 34.9. The van der Waals surface area contributed by atoms with Gasteiger partial charge in [-0.3, -0.25) is 24.0 Å². The van der Waals surface area contributed by atoms with E-state index in [4.69, 9.17) is 16.6 Å². The Balaban J connectivity index is 2.92. The van der Waals surface area contributed by atoms with E-state index in [-0.39, 0.29) is 19.3 Å². The molecule has 1 rings (SSSR count). The van der Waals surface area contributed by atoms with Crippen molar-refractivity contribution in [3.8, 4) is 0 Å². The molecule has 16 heteroatoms. The third-order valence-electron chi connectivity index (χ3n) is 4.71. The van der Waals surface area contributed by atoms with E-state index >= 15 is 0 Å². The number of hydrogen-bond acceptors (Lipinski definition) is 9. The number of aromatic amines is 1. The first-order chi connectivity index (χ1) is 16.3. The van der Waals surface area contributed by atoms with Crippen molar-refractivity contribution < 1.29 is 44.1 Å². The third kappa shape index (κ3) is 10.2. The Kier molecular flexibility index (Phi) is 11.3. The molecule has 0 spiro atoms. The third-order valence-corrected chi connectivity index (χ3v) is 4.71. The van der Waals surface area contributed by atoms with Gasteiger partial charge in [0.2, 0.25) is 23.6 Å². The van der Waals surface area contributed by atoms with Gasteiger partial charge in [0.05, 0.1) is 24.9 Å². The molecule has 35 heavy (non-hydrogen) atoms. The molecule has 1 aromatic rings. The van der Waals surface area contributed by atoms with Gasteiger partial charge in [-0.05, 0) is 13.3 Å². The Morgan fingerprint density at radius 1 is 1.03 bits per heavy atom. The standard InChI is InChI=1S/C19H29N7O9/c1-8(27)15(18(33)25-12(19(34)35)4-9-6-22-7-23-9)26-17(32)11(5-14(29)30)24-16(31)10(20)2-3-13(21)28/h6-8,10-12,15,27H,2-5,20H2,1H3,(H2,21,28)(H,22,23)(H,24,31)(H,25,33)(H,26,32)(H,29,30)(H,34,35). The van der Waals surface area contributed by atoms with Gasteiger partial charge in [-0.25, -0.2) is 9.78 Å². The van der Waals surface area contributed by atoms with Crippen molar-refractivity contribution in [1.82, 2.24) is 25.9 Å². The average molecular weight is 499 g/mol. The number of rotatable bonds is 15. The second kappa shape index (κ2) is 13.6. The zero-order valence-corrected chi connectivity index (χ0v) is 18.8. The van der Waals surface area contributed by atoms with Crippen LogP contribution in [-0.2, 0) is 35.2 Å². The van der Waals surface area contributed by atoms with Crippen LogP contribution in [0.15, 0.2) is 12.5 Å². The van der Waals surface area contributed by atoms with Gasteiger partial charge in [-0.2, -0.15) is 0 Å². The summed E-state index contributed by atoms with van der Waals surface area (Å²) >= 11 is 0. The molecule has 1 aromatic heterocycles. The van der Waals surface area contributed by atoms with Crippen LogP contribution in [0.25, 0.3) is 0 Å². The molecule has 0 saturated heterocycles. The first-order valence-corrected chi connectivity index (χ1v) is 10.4. The summed E-state index contributed by atoms with van der Waals surface area (Å²) in [4.78, 5) is 77.5. The number of nitrogens with two attached hydrogens (primary N) is 2. The van der Waals surface area contributed by atoms with Crippen LogP contribution in [0.3, 0.4) is 0 Å². The molecule has 0 fully saturated rings. The van der Waals surface area contributed by atoms with E-state index in [0.29, 0.717) is 5.69 Å². The largest absolute Gasteiger partial charge is 0.481 e. The molecule has 16 nitrogen and oxygen atoms in total. The number of aromatic nitrogens is 2. The number of nitrogens with zero attached hydrogens (tertiary/aromatic N) is 1. The predicted octanol–water partition coefficient (Wildman–Crippen LogP) is -4.06. The number of aliphatic carboxylic acids is 2. The summed E-state index contributed by atoms with van der Waals surface area (Å²) in [7, 11) is 0. The Morgan fingerprint density at radius 3 is 2.14 bits per heavy atom. The van der Waals surface area contributed by atoms with Crippen molar-refractivity contribution in [2.24, 2.45) is 11.5 Å². The SMILES string of the molecule is CC(O)C(NC(=O)C(CC(=O)O)NC(=O)C(N)CCC(N)=O)C(=O)NC(Cc1cnc[nH]1)C(=O)O. The van der Waals surface area contributed by atoms with E-state index in [1.54, 1.807) is 0 Å². The molecule has 0 bridgehead atoms. The van der Waals surface area contributed by atoms with Crippen molar-refractivity contribution in [3.63, 3.8) is 0 Å². The predicted molar refractivity (Wildman–Crippen MR) is 116 cm³/mol. The number of hydrogen-bond donors (Lipinski definition) is 9. The second-order valence-electron chi connectivity index (χ2n) is 7.68. The molecule has 0 radical (unpaired) electrons. The highest BCUT2D eigenvalue weighted by Gasteiger charge is 2.33. The van der Waals surface area contributed by atoms with E-state index in [9.17, 15) is 39.0 Å². The second-order valence-corrected chi connectivity index (χ2v) is 7.68.